The number of rotatable bonds is 46. The molecule has 0 aliphatic rings. The van der Waals surface area contributed by atoms with E-state index in [4.69, 9.17) is 4.74 Å². The number of nitrogens with one attached hydrogen (secondary N) is 1. The fourth-order valence-electron chi connectivity index (χ4n) is 7.71. The quantitative estimate of drug-likeness (QED) is 0.0322. The first-order valence-electron chi connectivity index (χ1n) is 25.9. The summed E-state index contributed by atoms with van der Waals surface area (Å²) in [5, 5.41) is 23.7. The molecule has 0 fully saturated rings. The van der Waals surface area contributed by atoms with Crippen LogP contribution in [0, 0.1) is 0 Å². The van der Waals surface area contributed by atoms with Crippen LogP contribution in [0.2, 0.25) is 0 Å². The van der Waals surface area contributed by atoms with Crippen LogP contribution in [-0.2, 0) is 14.3 Å². The monoisotopic (exact) mass is 842 g/mol. The minimum absolute atomic E-state index is 0.0423. The predicted octanol–water partition coefficient (Wildman–Crippen LogP) is 15.5. The lowest BCUT2D eigenvalue weighted by Gasteiger charge is -2.24. The van der Waals surface area contributed by atoms with E-state index in [1.165, 1.54) is 141 Å². The van der Waals surface area contributed by atoms with Gasteiger partial charge in [0.25, 0.3) is 0 Å². The van der Waals surface area contributed by atoms with Gasteiger partial charge in [0.15, 0.2) is 0 Å². The van der Waals surface area contributed by atoms with Gasteiger partial charge in [-0.25, -0.2) is 0 Å². The summed E-state index contributed by atoms with van der Waals surface area (Å²) in [5.74, 6) is -0.521. The summed E-state index contributed by atoms with van der Waals surface area (Å²) in [6, 6.07) is -0.716. The minimum Gasteiger partial charge on any atom is -0.462 e. The molecule has 0 heterocycles. The zero-order valence-corrected chi connectivity index (χ0v) is 39.8. The average Bonchev–Trinajstić information content (AvgIpc) is 3.24. The second kappa shape index (κ2) is 47.9. The Morgan fingerprint density at radius 2 is 0.867 bits per heavy atom. The average molecular weight is 842 g/mol. The number of allylic oxidation sites excluding steroid dienone is 8. The molecule has 60 heavy (non-hydrogen) atoms. The lowest BCUT2D eigenvalue weighted by molar-refractivity contribution is -0.151. The Morgan fingerprint density at radius 1 is 0.483 bits per heavy atom. The van der Waals surface area contributed by atoms with Crippen molar-refractivity contribution in [3.63, 3.8) is 0 Å². The first kappa shape index (κ1) is 57.8. The van der Waals surface area contributed by atoms with Gasteiger partial charge in [0, 0.05) is 6.42 Å². The molecule has 1 amide bonds. The molecule has 0 bridgehead atoms. The highest BCUT2D eigenvalue weighted by molar-refractivity contribution is 5.77. The smallest absolute Gasteiger partial charge is 0.306 e. The van der Waals surface area contributed by atoms with Gasteiger partial charge in [-0.05, 0) is 64.2 Å². The molecule has 0 rings (SSSR count). The maximum absolute atomic E-state index is 13.2. The van der Waals surface area contributed by atoms with Crippen molar-refractivity contribution in [3.8, 4) is 0 Å². The Labute approximate surface area is 372 Å². The van der Waals surface area contributed by atoms with Crippen LogP contribution in [0.3, 0.4) is 0 Å². The minimum atomic E-state index is -0.800. The molecule has 0 aliphatic carbocycles. The van der Waals surface area contributed by atoms with Crippen LogP contribution in [-0.4, -0.2) is 46.9 Å². The number of unbranched alkanes of at least 4 members (excludes halogenated alkanes) is 26. The van der Waals surface area contributed by atoms with E-state index in [2.05, 4.69) is 74.7 Å². The molecule has 6 heteroatoms. The van der Waals surface area contributed by atoms with E-state index in [0.29, 0.717) is 19.3 Å². The van der Waals surface area contributed by atoms with Crippen molar-refractivity contribution in [1.82, 2.24) is 5.32 Å². The molecule has 0 aliphatic heterocycles. The molecule has 0 radical (unpaired) electrons. The first-order valence-corrected chi connectivity index (χ1v) is 25.9. The highest BCUT2D eigenvalue weighted by Crippen LogP contribution is 2.17. The maximum atomic E-state index is 13.2. The van der Waals surface area contributed by atoms with Crippen molar-refractivity contribution in [2.45, 2.75) is 277 Å². The molecule has 0 saturated carbocycles. The summed E-state index contributed by atoms with van der Waals surface area (Å²) >= 11 is 0. The molecule has 0 aromatic heterocycles. The van der Waals surface area contributed by atoms with Crippen molar-refractivity contribution in [2.75, 3.05) is 6.61 Å². The van der Waals surface area contributed by atoms with Crippen LogP contribution in [0.1, 0.15) is 258 Å². The molecular weight excluding hydrogens is 743 g/mol. The van der Waals surface area contributed by atoms with Crippen LogP contribution < -0.4 is 5.32 Å². The molecule has 0 aromatic rings. The number of carbonyl (C=O) groups is 2. The van der Waals surface area contributed by atoms with Gasteiger partial charge in [0.05, 0.1) is 25.2 Å². The highest BCUT2D eigenvalue weighted by atomic mass is 16.5. The molecule has 0 spiro atoms. The molecule has 0 saturated heterocycles. The predicted molar refractivity (Wildman–Crippen MR) is 259 cm³/mol. The van der Waals surface area contributed by atoms with Gasteiger partial charge in [-0.1, -0.05) is 230 Å². The van der Waals surface area contributed by atoms with Crippen LogP contribution in [0.25, 0.3) is 0 Å². The Hall–Kier alpha value is -2.18. The van der Waals surface area contributed by atoms with Gasteiger partial charge in [0.2, 0.25) is 5.91 Å². The summed E-state index contributed by atoms with van der Waals surface area (Å²) in [6.45, 7) is 6.44. The van der Waals surface area contributed by atoms with E-state index in [1.807, 2.05) is 0 Å². The van der Waals surface area contributed by atoms with E-state index in [9.17, 15) is 19.8 Å². The number of hydrogen-bond acceptors (Lipinski definition) is 5. The number of ether oxygens (including phenoxy) is 1. The summed E-state index contributed by atoms with van der Waals surface area (Å²) in [5.41, 5.74) is 0. The highest BCUT2D eigenvalue weighted by Gasteiger charge is 2.24. The van der Waals surface area contributed by atoms with Crippen LogP contribution in [0.15, 0.2) is 48.6 Å². The fraction of sp³-hybridized carbons (Fsp3) is 0.815. The molecule has 6 nitrogen and oxygen atoms in total. The standard InChI is InChI=1S/C54H99NO5/c1-4-7-10-13-16-19-22-24-25-26-27-29-31-33-36-39-42-45-50(60-54(59)47-44-41-38-35-32-28-23-20-17-14-11-8-5-2)48-53(58)55-51(49-56)52(57)46-43-40-37-34-30-21-18-15-12-9-6-3/h16,19,24-25,27,29,33,36,50-52,56-57H,4-15,17-18,20-23,26,28,30-32,34-35,37-49H2,1-3H3,(H,55,58)/b19-16-,25-24-,29-27-,36-33-. The van der Waals surface area contributed by atoms with Crippen molar-refractivity contribution >= 4 is 11.9 Å². The van der Waals surface area contributed by atoms with Crippen LogP contribution in [0.5, 0.6) is 0 Å². The summed E-state index contributed by atoms with van der Waals surface area (Å²) < 4.78 is 5.91. The number of aliphatic hydroxyl groups is 2. The molecular formula is C54H99NO5. The van der Waals surface area contributed by atoms with Crippen molar-refractivity contribution in [2.24, 2.45) is 0 Å². The fourth-order valence-corrected chi connectivity index (χ4v) is 7.71. The molecule has 0 aromatic carbocycles. The van der Waals surface area contributed by atoms with E-state index in [-0.39, 0.29) is 24.9 Å². The van der Waals surface area contributed by atoms with E-state index in [1.54, 1.807) is 0 Å². The normalized spacial score (nSPS) is 13.6. The molecule has 3 N–H and O–H groups in total. The number of aliphatic hydroxyl groups excluding tert-OH is 2. The van der Waals surface area contributed by atoms with Crippen LogP contribution >= 0.6 is 0 Å². The zero-order chi connectivity index (χ0) is 43.8. The van der Waals surface area contributed by atoms with Gasteiger partial charge in [0.1, 0.15) is 6.10 Å². The third-order valence-corrected chi connectivity index (χ3v) is 11.7. The summed E-state index contributed by atoms with van der Waals surface area (Å²) in [7, 11) is 0. The van der Waals surface area contributed by atoms with Gasteiger partial charge in [-0.2, -0.15) is 0 Å². The van der Waals surface area contributed by atoms with Gasteiger partial charge >= 0.3 is 5.97 Å². The van der Waals surface area contributed by atoms with Gasteiger partial charge in [-0.15, -0.1) is 0 Å². The number of esters is 1. The van der Waals surface area contributed by atoms with E-state index in [0.717, 1.165) is 70.6 Å². The largest absolute Gasteiger partial charge is 0.462 e. The van der Waals surface area contributed by atoms with E-state index < -0.39 is 18.2 Å². The summed E-state index contributed by atoms with van der Waals surface area (Å²) in [6.07, 6.45) is 57.4. The zero-order valence-electron chi connectivity index (χ0n) is 39.8. The maximum Gasteiger partial charge on any atom is 0.306 e. The first-order chi connectivity index (χ1) is 29.5. The lowest BCUT2D eigenvalue weighted by atomic mass is 10.0. The SMILES string of the molecule is CCCCC/C=C\C/C=C\C/C=C\C/C=C\CCCC(CC(=O)NC(CO)C(O)CCCCCCCCCCCCC)OC(=O)CCCCCCCCCCCCCCC. The number of hydrogen-bond donors (Lipinski definition) is 3. The van der Waals surface area contributed by atoms with Gasteiger partial charge in [-0.3, -0.25) is 9.59 Å². The molecule has 3 atom stereocenters. The summed E-state index contributed by atoms with van der Waals surface area (Å²) in [4.78, 5) is 26.1. The van der Waals surface area contributed by atoms with Gasteiger partial charge < -0.3 is 20.3 Å². The van der Waals surface area contributed by atoms with Crippen molar-refractivity contribution < 1.29 is 24.5 Å². The molecule has 3 unspecified atom stereocenters. The third-order valence-electron chi connectivity index (χ3n) is 11.7. The Balaban J connectivity index is 4.69. The Bertz CT molecular complexity index is 1040. The number of amides is 1. The number of carbonyl (C=O) groups excluding carboxylic acids is 2. The second-order valence-corrected chi connectivity index (χ2v) is 17.6. The van der Waals surface area contributed by atoms with Crippen molar-refractivity contribution in [3.05, 3.63) is 48.6 Å². The van der Waals surface area contributed by atoms with Crippen LogP contribution in [0.4, 0.5) is 0 Å². The lowest BCUT2D eigenvalue weighted by Crippen LogP contribution is -2.46. The second-order valence-electron chi connectivity index (χ2n) is 17.6. The molecule has 350 valence electrons. The van der Waals surface area contributed by atoms with E-state index >= 15 is 0 Å². The Kier molecular flexibility index (Phi) is 46.1. The van der Waals surface area contributed by atoms with Crippen molar-refractivity contribution in [1.29, 1.82) is 0 Å². The Morgan fingerprint density at radius 3 is 1.32 bits per heavy atom. The topological polar surface area (TPSA) is 95.9 Å². The third kappa shape index (κ3) is 42.5.